The van der Waals surface area contributed by atoms with Crippen molar-refractivity contribution in [3.8, 4) is 0 Å². The molecule has 25 heavy (non-hydrogen) atoms. The number of nitrogens with one attached hydrogen (secondary N) is 1. The Kier molecular flexibility index (Phi) is 8.08. The molecule has 1 heterocycles. The first-order chi connectivity index (χ1) is 12.2. The van der Waals surface area contributed by atoms with Gasteiger partial charge >= 0.3 is 0 Å². The second-order valence-electron chi connectivity index (χ2n) is 5.70. The van der Waals surface area contributed by atoms with E-state index in [-0.39, 0.29) is 11.8 Å². The van der Waals surface area contributed by atoms with E-state index in [0.29, 0.717) is 51.5 Å². The molecule has 7 nitrogen and oxygen atoms in total. The number of carbonyl (C=O) groups excluding carboxylic acids is 2. The largest absolute Gasteiger partial charge is 0.382 e. The molecular weight excluding hydrogens is 322 g/mol. The van der Waals surface area contributed by atoms with Crippen LogP contribution in [0.5, 0.6) is 0 Å². The lowest BCUT2D eigenvalue weighted by Gasteiger charge is -2.23. The van der Waals surface area contributed by atoms with Crippen LogP contribution in [0.15, 0.2) is 35.4 Å². The molecule has 1 aromatic carbocycles. The summed E-state index contributed by atoms with van der Waals surface area (Å²) in [4.78, 5) is 24.2. The molecule has 0 radical (unpaired) electrons. The Morgan fingerprint density at radius 2 is 2.00 bits per heavy atom. The maximum Gasteiger partial charge on any atom is 0.267 e. The van der Waals surface area contributed by atoms with Gasteiger partial charge in [0.15, 0.2) is 0 Å². The van der Waals surface area contributed by atoms with Gasteiger partial charge in [-0.3, -0.25) is 9.59 Å². The van der Waals surface area contributed by atoms with E-state index in [9.17, 15) is 9.59 Å². The molecule has 2 amide bonds. The Balaban J connectivity index is 1.78. The molecule has 1 aliphatic heterocycles. The SMILES string of the molecule is COCCOCCCNC(=O)C1=NN(Cc2ccccc2)C(=O)CC1. The number of methoxy groups -OCH3 is 1. The maximum atomic E-state index is 12.2. The summed E-state index contributed by atoms with van der Waals surface area (Å²) in [6.07, 6.45) is 1.40. The van der Waals surface area contributed by atoms with Gasteiger partial charge in [-0.15, -0.1) is 0 Å². The minimum Gasteiger partial charge on any atom is -0.382 e. The van der Waals surface area contributed by atoms with Crippen molar-refractivity contribution in [3.63, 3.8) is 0 Å². The number of hydrogen-bond acceptors (Lipinski definition) is 5. The van der Waals surface area contributed by atoms with E-state index < -0.39 is 0 Å². The Bertz CT molecular complexity index is 589. The molecule has 0 spiro atoms. The first-order valence-corrected chi connectivity index (χ1v) is 8.47. The van der Waals surface area contributed by atoms with E-state index in [0.717, 1.165) is 12.0 Å². The molecule has 0 saturated heterocycles. The Morgan fingerprint density at radius 3 is 2.76 bits per heavy atom. The fourth-order valence-electron chi connectivity index (χ4n) is 2.37. The first-order valence-electron chi connectivity index (χ1n) is 8.47. The third-order valence-corrected chi connectivity index (χ3v) is 3.73. The quantitative estimate of drug-likeness (QED) is 0.648. The highest BCUT2D eigenvalue weighted by molar-refractivity contribution is 6.39. The van der Waals surface area contributed by atoms with Gasteiger partial charge in [-0.2, -0.15) is 5.10 Å². The van der Waals surface area contributed by atoms with Crippen molar-refractivity contribution in [1.82, 2.24) is 10.3 Å². The molecule has 1 N–H and O–H groups in total. The Labute approximate surface area is 148 Å². The van der Waals surface area contributed by atoms with Gasteiger partial charge in [0.25, 0.3) is 5.91 Å². The van der Waals surface area contributed by atoms with E-state index in [2.05, 4.69) is 10.4 Å². The maximum absolute atomic E-state index is 12.2. The molecule has 1 aliphatic rings. The molecule has 136 valence electrons. The minimum absolute atomic E-state index is 0.0630. The lowest BCUT2D eigenvalue weighted by atomic mass is 10.1. The number of amides is 2. The number of hydrogen-bond donors (Lipinski definition) is 1. The molecule has 2 rings (SSSR count). The number of nitrogens with zero attached hydrogens (tertiary/aromatic N) is 2. The van der Waals surface area contributed by atoms with E-state index in [4.69, 9.17) is 9.47 Å². The van der Waals surface area contributed by atoms with Crippen molar-refractivity contribution >= 4 is 17.5 Å². The van der Waals surface area contributed by atoms with E-state index >= 15 is 0 Å². The van der Waals surface area contributed by atoms with Gasteiger partial charge < -0.3 is 14.8 Å². The second-order valence-corrected chi connectivity index (χ2v) is 5.70. The third kappa shape index (κ3) is 6.64. The second kappa shape index (κ2) is 10.6. The number of carbonyl (C=O) groups is 2. The molecule has 7 heteroatoms. The summed E-state index contributed by atoms with van der Waals surface area (Å²) in [7, 11) is 1.63. The van der Waals surface area contributed by atoms with Crippen LogP contribution < -0.4 is 5.32 Å². The van der Waals surface area contributed by atoms with Gasteiger partial charge in [-0.25, -0.2) is 5.01 Å². The standard InChI is InChI=1S/C18H25N3O4/c1-24-12-13-25-11-5-10-19-18(23)16-8-9-17(22)21(20-16)14-15-6-3-2-4-7-15/h2-4,6-7H,5,8-14H2,1H3,(H,19,23). The van der Waals surface area contributed by atoms with Gasteiger partial charge in [0, 0.05) is 33.1 Å². The summed E-state index contributed by atoms with van der Waals surface area (Å²) in [5.74, 6) is -0.283. The number of hydrazone groups is 1. The molecule has 1 aromatic rings. The summed E-state index contributed by atoms with van der Waals surface area (Å²) >= 11 is 0. The van der Waals surface area contributed by atoms with Crippen LogP contribution in [0.1, 0.15) is 24.8 Å². The zero-order valence-electron chi connectivity index (χ0n) is 14.6. The average molecular weight is 347 g/mol. The van der Waals surface area contributed by atoms with Crippen LogP contribution in [0.3, 0.4) is 0 Å². The smallest absolute Gasteiger partial charge is 0.267 e. The van der Waals surface area contributed by atoms with E-state index in [1.54, 1.807) is 7.11 Å². The Hall–Kier alpha value is -2.25. The third-order valence-electron chi connectivity index (χ3n) is 3.73. The van der Waals surface area contributed by atoms with Crippen LogP contribution in [0.4, 0.5) is 0 Å². The Morgan fingerprint density at radius 1 is 1.20 bits per heavy atom. The van der Waals surface area contributed by atoms with E-state index in [1.165, 1.54) is 5.01 Å². The highest BCUT2D eigenvalue weighted by Gasteiger charge is 2.24. The van der Waals surface area contributed by atoms with Crippen LogP contribution in [0.2, 0.25) is 0 Å². The van der Waals surface area contributed by atoms with Crippen molar-refractivity contribution in [2.75, 3.05) is 33.5 Å². The summed E-state index contributed by atoms with van der Waals surface area (Å²) in [6, 6.07) is 9.61. The minimum atomic E-state index is -0.220. The van der Waals surface area contributed by atoms with Crippen molar-refractivity contribution in [3.05, 3.63) is 35.9 Å². The van der Waals surface area contributed by atoms with Gasteiger partial charge in [0.1, 0.15) is 5.71 Å². The number of rotatable bonds is 10. The fourth-order valence-corrected chi connectivity index (χ4v) is 2.37. The highest BCUT2D eigenvalue weighted by Crippen LogP contribution is 2.13. The monoisotopic (exact) mass is 347 g/mol. The van der Waals surface area contributed by atoms with Crippen LogP contribution in [-0.2, 0) is 25.6 Å². The van der Waals surface area contributed by atoms with Crippen LogP contribution >= 0.6 is 0 Å². The fraction of sp³-hybridized carbons (Fsp3) is 0.500. The zero-order chi connectivity index (χ0) is 17.9. The summed E-state index contributed by atoms with van der Waals surface area (Å²) < 4.78 is 10.2. The van der Waals surface area contributed by atoms with Crippen molar-refractivity contribution in [2.24, 2.45) is 5.10 Å². The van der Waals surface area contributed by atoms with Crippen molar-refractivity contribution < 1.29 is 19.1 Å². The average Bonchev–Trinajstić information content (AvgIpc) is 2.63. The summed E-state index contributed by atoms with van der Waals surface area (Å²) in [6.45, 7) is 2.57. The van der Waals surface area contributed by atoms with Crippen LogP contribution in [-0.4, -0.2) is 56.0 Å². The van der Waals surface area contributed by atoms with Crippen LogP contribution in [0, 0.1) is 0 Å². The predicted molar refractivity (Wildman–Crippen MR) is 94.0 cm³/mol. The van der Waals surface area contributed by atoms with Gasteiger partial charge in [-0.1, -0.05) is 30.3 Å². The topological polar surface area (TPSA) is 80.2 Å². The number of ether oxygens (including phenoxy) is 2. The molecule has 0 bridgehead atoms. The van der Waals surface area contributed by atoms with Gasteiger partial charge in [0.05, 0.1) is 19.8 Å². The molecule has 0 atom stereocenters. The lowest BCUT2D eigenvalue weighted by molar-refractivity contribution is -0.132. The molecule has 0 unspecified atom stereocenters. The summed E-state index contributed by atoms with van der Waals surface area (Å²) in [5, 5.41) is 8.44. The lowest BCUT2D eigenvalue weighted by Crippen LogP contribution is -2.39. The highest BCUT2D eigenvalue weighted by atomic mass is 16.5. The van der Waals surface area contributed by atoms with Crippen LogP contribution in [0.25, 0.3) is 0 Å². The van der Waals surface area contributed by atoms with Gasteiger partial charge in [-0.05, 0) is 12.0 Å². The molecule has 0 aromatic heterocycles. The predicted octanol–water partition coefficient (Wildman–Crippen LogP) is 1.33. The first kappa shape index (κ1) is 19.1. The molecular formula is C18H25N3O4. The zero-order valence-corrected chi connectivity index (χ0v) is 14.6. The molecule has 0 aliphatic carbocycles. The van der Waals surface area contributed by atoms with Gasteiger partial charge in [0.2, 0.25) is 5.91 Å². The summed E-state index contributed by atoms with van der Waals surface area (Å²) in [5.41, 5.74) is 1.38. The molecule has 0 saturated carbocycles. The van der Waals surface area contributed by atoms with Crippen molar-refractivity contribution in [1.29, 1.82) is 0 Å². The normalized spacial score (nSPS) is 14.4. The van der Waals surface area contributed by atoms with Crippen molar-refractivity contribution in [2.45, 2.75) is 25.8 Å². The van der Waals surface area contributed by atoms with E-state index in [1.807, 2.05) is 30.3 Å². The molecule has 0 fully saturated rings. The number of benzene rings is 1.